The van der Waals surface area contributed by atoms with Crippen LogP contribution in [-0.2, 0) is 16.1 Å². The third-order valence-electron chi connectivity index (χ3n) is 4.52. The molecule has 0 aliphatic carbocycles. The normalized spacial score (nSPS) is 14.2. The second-order valence-electron chi connectivity index (χ2n) is 6.30. The molecule has 0 spiro atoms. The van der Waals surface area contributed by atoms with Gasteiger partial charge >= 0.3 is 0 Å². The molecule has 1 aromatic carbocycles. The molecule has 2 aromatic rings. The molecule has 26 heavy (non-hydrogen) atoms. The number of carbonyl (C=O) groups is 2. The summed E-state index contributed by atoms with van der Waals surface area (Å²) in [5.41, 5.74) is 2.18. The summed E-state index contributed by atoms with van der Waals surface area (Å²) >= 11 is 0. The summed E-state index contributed by atoms with van der Waals surface area (Å²) < 4.78 is 0. The van der Waals surface area contributed by atoms with Gasteiger partial charge in [-0.25, -0.2) is 9.97 Å². The van der Waals surface area contributed by atoms with Crippen LogP contribution in [0.15, 0.2) is 42.7 Å². The van der Waals surface area contributed by atoms with Gasteiger partial charge in [-0.05, 0) is 24.1 Å². The fourth-order valence-corrected chi connectivity index (χ4v) is 2.92. The first kappa shape index (κ1) is 17.8. The van der Waals surface area contributed by atoms with Gasteiger partial charge in [-0.1, -0.05) is 24.3 Å². The van der Waals surface area contributed by atoms with Crippen molar-refractivity contribution in [3.05, 3.63) is 53.9 Å². The van der Waals surface area contributed by atoms with Crippen molar-refractivity contribution >= 4 is 17.8 Å². The Morgan fingerprint density at radius 2 is 1.73 bits per heavy atom. The molecule has 3 rings (SSSR count). The fraction of sp³-hybridized carbons (Fsp3) is 0.368. The summed E-state index contributed by atoms with van der Waals surface area (Å²) in [6.45, 7) is 4.92. The average Bonchev–Trinajstić information content (AvgIpc) is 2.68. The third-order valence-corrected chi connectivity index (χ3v) is 4.52. The quantitative estimate of drug-likeness (QED) is 0.816. The monoisotopic (exact) mass is 353 g/mol. The first-order valence-electron chi connectivity index (χ1n) is 8.74. The second-order valence-corrected chi connectivity index (χ2v) is 6.30. The van der Waals surface area contributed by atoms with Gasteiger partial charge in [-0.2, -0.15) is 0 Å². The van der Waals surface area contributed by atoms with Crippen molar-refractivity contribution in [2.75, 3.05) is 31.1 Å². The van der Waals surface area contributed by atoms with Crippen LogP contribution in [0.1, 0.15) is 17.5 Å². The molecule has 0 radical (unpaired) electrons. The number of aryl methyl sites for hydroxylation is 1. The molecule has 136 valence electrons. The number of piperazine rings is 1. The van der Waals surface area contributed by atoms with E-state index in [4.69, 9.17) is 0 Å². The molecule has 0 atom stereocenters. The Labute approximate surface area is 153 Å². The zero-order valence-corrected chi connectivity index (χ0v) is 14.9. The molecular formula is C19H23N5O2. The lowest BCUT2D eigenvalue weighted by atomic mass is 10.1. The van der Waals surface area contributed by atoms with E-state index < -0.39 is 0 Å². The lowest BCUT2D eigenvalue weighted by Crippen LogP contribution is -2.50. The number of nitrogens with one attached hydrogen (secondary N) is 1. The van der Waals surface area contributed by atoms with Crippen LogP contribution in [-0.4, -0.2) is 52.9 Å². The van der Waals surface area contributed by atoms with Crippen LogP contribution in [0, 0.1) is 6.92 Å². The number of anilines is 1. The Morgan fingerprint density at radius 1 is 1.04 bits per heavy atom. The van der Waals surface area contributed by atoms with Crippen LogP contribution in [0.5, 0.6) is 0 Å². The van der Waals surface area contributed by atoms with Gasteiger partial charge in [-0.15, -0.1) is 0 Å². The van der Waals surface area contributed by atoms with Crippen molar-refractivity contribution in [3.8, 4) is 0 Å². The molecule has 7 heteroatoms. The number of nitrogens with zero attached hydrogens (tertiary/aromatic N) is 4. The molecule has 0 bridgehead atoms. The molecule has 2 amide bonds. The summed E-state index contributed by atoms with van der Waals surface area (Å²) in [5, 5.41) is 2.83. The van der Waals surface area contributed by atoms with E-state index in [1.165, 1.54) is 0 Å². The topological polar surface area (TPSA) is 78.4 Å². The van der Waals surface area contributed by atoms with Crippen molar-refractivity contribution in [1.82, 2.24) is 20.2 Å². The molecule has 1 aromatic heterocycles. The number of amides is 2. The molecule has 1 N–H and O–H groups in total. The van der Waals surface area contributed by atoms with Gasteiger partial charge in [0, 0.05) is 45.1 Å². The number of hydrogen-bond donors (Lipinski definition) is 1. The van der Waals surface area contributed by atoms with Gasteiger partial charge in [0.1, 0.15) is 6.42 Å². The Bertz CT molecular complexity index is 758. The fourth-order valence-electron chi connectivity index (χ4n) is 2.92. The van der Waals surface area contributed by atoms with Gasteiger partial charge < -0.3 is 15.1 Å². The first-order valence-corrected chi connectivity index (χ1v) is 8.74. The van der Waals surface area contributed by atoms with Crippen molar-refractivity contribution in [3.63, 3.8) is 0 Å². The molecule has 1 aliphatic rings. The van der Waals surface area contributed by atoms with Gasteiger partial charge in [0.2, 0.25) is 17.8 Å². The highest BCUT2D eigenvalue weighted by Crippen LogP contribution is 2.11. The number of aromatic nitrogens is 2. The summed E-state index contributed by atoms with van der Waals surface area (Å²) in [7, 11) is 0. The number of benzene rings is 1. The Hall–Kier alpha value is -2.96. The van der Waals surface area contributed by atoms with E-state index >= 15 is 0 Å². The molecule has 0 unspecified atom stereocenters. The Kier molecular flexibility index (Phi) is 5.78. The maximum Gasteiger partial charge on any atom is 0.232 e. The second kappa shape index (κ2) is 8.42. The average molecular weight is 353 g/mol. The minimum absolute atomic E-state index is 0.117. The van der Waals surface area contributed by atoms with Crippen molar-refractivity contribution in [2.24, 2.45) is 0 Å². The Balaban J connectivity index is 1.44. The largest absolute Gasteiger partial charge is 0.352 e. The third kappa shape index (κ3) is 4.56. The predicted octanol–water partition coefficient (Wildman–Crippen LogP) is 1.14. The minimum atomic E-state index is -0.243. The number of hydrogen-bond acceptors (Lipinski definition) is 5. The van der Waals surface area contributed by atoms with Crippen LogP contribution in [0.25, 0.3) is 0 Å². The first-order chi connectivity index (χ1) is 12.6. The smallest absolute Gasteiger partial charge is 0.232 e. The zero-order chi connectivity index (χ0) is 18.4. The summed E-state index contributed by atoms with van der Waals surface area (Å²) in [4.78, 5) is 36.7. The number of carbonyl (C=O) groups excluding carboxylic acids is 2. The lowest BCUT2D eigenvalue weighted by Gasteiger charge is -2.34. The molecule has 7 nitrogen and oxygen atoms in total. The Morgan fingerprint density at radius 3 is 2.42 bits per heavy atom. The SMILES string of the molecule is Cc1ccccc1CNC(=O)CC(=O)N1CCN(c2ncccn2)CC1. The van der Waals surface area contributed by atoms with Crippen LogP contribution in [0.2, 0.25) is 0 Å². The van der Waals surface area contributed by atoms with E-state index in [0.29, 0.717) is 38.7 Å². The van der Waals surface area contributed by atoms with E-state index in [1.807, 2.05) is 36.1 Å². The van der Waals surface area contributed by atoms with Crippen LogP contribution in [0.4, 0.5) is 5.95 Å². The molecular weight excluding hydrogens is 330 g/mol. The standard InChI is InChI=1S/C19H23N5O2/c1-15-5-2-3-6-16(15)14-22-17(25)13-18(26)23-9-11-24(12-10-23)19-20-7-4-8-21-19/h2-8H,9-14H2,1H3,(H,22,25). The van der Waals surface area contributed by atoms with Crippen molar-refractivity contribution in [1.29, 1.82) is 0 Å². The molecule has 1 fully saturated rings. The van der Waals surface area contributed by atoms with Gasteiger partial charge in [0.05, 0.1) is 0 Å². The molecule has 1 saturated heterocycles. The van der Waals surface area contributed by atoms with Gasteiger partial charge in [0.25, 0.3) is 0 Å². The van der Waals surface area contributed by atoms with E-state index in [9.17, 15) is 9.59 Å². The zero-order valence-electron chi connectivity index (χ0n) is 14.9. The van der Waals surface area contributed by atoms with Crippen LogP contribution in [0.3, 0.4) is 0 Å². The maximum atomic E-state index is 12.3. The van der Waals surface area contributed by atoms with E-state index in [0.717, 1.165) is 11.1 Å². The van der Waals surface area contributed by atoms with E-state index in [1.54, 1.807) is 23.4 Å². The molecule has 2 heterocycles. The van der Waals surface area contributed by atoms with E-state index in [2.05, 4.69) is 15.3 Å². The highest BCUT2D eigenvalue weighted by atomic mass is 16.2. The number of rotatable bonds is 5. The summed E-state index contributed by atoms with van der Waals surface area (Å²) in [6, 6.07) is 9.66. The van der Waals surface area contributed by atoms with E-state index in [-0.39, 0.29) is 18.2 Å². The minimum Gasteiger partial charge on any atom is -0.352 e. The highest BCUT2D eigenvalue weighted by Gasteiger charge is 2.23. The maximum absolute atomic E-state index is 12.3. The predicted molar refractivity (Wildman–Crippen MR) is 98.5 cm³/mol. The summed E-state index contributed by atoms with van der Waals surface area (Å²) in [5.74, 6) is 0.295. The van der Waals surface area contributed by atoms with Crippen molar-refractivity contribution < 1.29 is 9.59 Å². The lowest BCUT2D eigenvalue weighted by molar-refractivity contribution is -0.136. The van der Waals surface area contributed by atoms with Gasteiger partial charge in [0.15, 0.2) is 0 Å². The van der Waals surface area contributed by atoms with Crippen molar-refractivity contribution in [2.45, 2.75) is 19.9 Å². The summed E-state index contributed by atoms with van der Waals surface area (Å²) in [6.07, 6.45) is 3.30. The van der Waals surface area contributed by atoms with Crippen LogP contribution >= 0.6 is 0 Å². The van der Waals surface area contributed by atoms with Gasteiger partial charge in [-0.3, -0.25) is 9.59 Å². The molecule has 1 aliphatic heterocycles. The highest BCUT2D eigenvalue weighted by molar-refractivity contribution is 5.96. The molecule has 0 saturated carbocycles. The van der Waals surface area contributed by atoms with Crippen LogP contribution < -0.4 is 10.2 Å².